The molecule has 11 heteroatoms. The fourth-order valence-electron chi connectivity index (χ4n) is 4.51. The summed E-state index contributed by atoms with van der Waals surface area (Å²) in [4.78, 5) is 32.9. The number of ether oxygens (including phenoxy) is 2. The van der Waals surface area contributed by atoms with E-state index < -0.39 is 23.6 Å². The second-order valence-corrected chi connectivity index (χ2v) is 9.03. The van der Waals surface area contributed by atoms with Gasteiger partial charge in [0.15, 0.2) is 11.5 Å². The molecule has 0 spiro atoms. The summed E-state index contributed by atoms with van der Waals surface area (Å²) >= 11 is 0. The number of rotatable bonds is 13. The third-order valence-electron chi connectivity index (χ3n) is 6.63. The Balaban J connectivity index is 1.42. The molecule has 1 fully saturated rings. The molecule has 0 unspecified atom stereocenters. The van der Waals surface area contributed by atoms with E-state index in [1.54, 1.807) is 41.0 Å². The molecule has 192 valence electrons. The molecule has 0 bridgehead atoms. The van der Waals surface area contributed by atoms with Gasteiger partial charge in [0.05, 0.1) is 24.6 Å². The quantitative estimate of drug-likeness (QED) is 0.301. The third-order valence-corrected chi connectivity index (χ3v) is 6.63. The van der Waals surface area contributed by atoms with Gasteiger partial charge in [-0.05, 0) is 31.2 Å². The number of hydrogen-bond acceptors (Lipinski definition) is 8. The van der Waals surface area contributed by atoms with Gasteiger partial charge in [0.25, 0.3) is 5.60 Å². The summed E-state index contributed by atoms with van der Waals surface area (Å²) in [5, 5.41) is 27.4. The van der Waals surface area contributed by atoms with E-state index in [0.29, 0.717) is 35.9 Å². The number of methoxy groups -OCH3 is 1. The first-order chi connectivity index (χ1) is 17.4. The lowest BCUT2D eigenvalue weighted by Crippen LogP contribution is -2.52. The molecule has 0 amide bonds. The first-order valence-corrected chi connectivity index (χ1v) is 12.0. The number of carboxylic acids is 2. The summed E-state index contributed by atoms with van der Waals surface area (Å²) in [5.74, 6) is -2.42. The van der Waals surface area contributed by atoms with Crippen molar-refractivity contribution < 1.29 is 29.3 Å². The molecule has 3 aromatic rings. The maximum atomic E-state index is 12.0. The average Bonchev–Trinajstić information content (AvgIpc) is 3.54. The van der Waals surface area contributed by atoms with Gasteiger partial charge in [0.2, 0.25) is 0 Å². The van der Waals surface area contributed by atoms with Crippen LogP contribution in [-0.4, -0.2) is 73.2 Å². The van der Waals surface area contributed by atoms with Gasteiger partial charge in [-0.3, -0.25) is 0 Å². The highest BCUT2D eigenvalue weighted by molar-refractivity contribution is 6.02. The van der Waals surface area contributed by atoms with Gasteiger partial charge in [-0.1, -0.05) is 43.2 Å². The van der Waals surface area contributed by atoms with Gasteiger partial charge >= 0.3 is 11.9 Å². The molecule has 0 radical (unpaired) electrons. The lowest BCUT2D eigenvalue weighted by Gasteiger charge is -2.27. The third kappa shape index (κ3) is 5.63. The van der Waals surface area contributed by atoms with Crippen molar-refractivity contribution in [2.75, 3.05) is 19.0 Å². The number of aryl methyl sites for hydroxylation is 1. The van der Waals surface area contributed by atoms with Gasteiger partial charge in [-0.2, -0.15) is 5.10 Å². The van der Waals surface area contributed by atoms with Gasteiger partial charge in [0.1, 0.15) is 6.33 Å². The van der Waals surface area contributed by atoms with Crippen LogP contribution in [0.5, 0.6) is 0 Å². The van der Waals surface area contributed by atoms with E-state index in [4.69, 9.17) is 9.47 Å². The predicted molar refractivity (Wildman–Crippen MR) is 130 cm³/mol. The van der Waals surface area contributed by atoms with Gasteiger partial charge in [-0.25, -0.2) is 24.1 Å². The monoisotopic (exact) mass is 497 g/mol. The molecule has 0 saturated heterocycles. The van der Waals surface area contributed by atoms with Crippen molar-refractivity contribution in [3.8, 4) is 0 Å². The van der Waals surface area contributed by atoms with Gasteiger partial charge in [-0.15, -0.1) is 0 Å². The fraction of sp³-hybridized carbons (Fsp3) is 0.480. The van der Waals surface area contributed by atoms with E-state index in [1.807, 2.05) is 0 Å². The number of nitrogens with one attached hydrogen (secondary N) is 1. The van der Waals surface area contributed by atoms with Crippen LogP contribution >= 0.6 is 0 Å². The summed E-state index contributed by atoms with van der Waals surface area (Å²) in [6.45, 7) is -0.206. The smallest absolute Gasteiger partial charge is 0.348 e. The van der Waals surface area contributed by atoms with Gasteiger partial charge in [0, 0.05) is 19.6 Å². The van der Waals surface area contributed by atoms with E-state index in [2.05, 4.69) is 20.4 Å². The van der Waals surface area contributed by atoms with Crippen LogP contribution in [0, 0.1) is 0 Å². The highest BCUT2D eigenvalue weighted by Crippen LogP contribution is 2.24. The number of carbonyl (C=O) groups is 2. The Labute approximate surface area is 208 Å². The van der Waals surface area contributed by atoms with E-state index in [0.717, 1.165) is 18.5 Å². The molecule has 1 atom stereocenters. The lowest BCUT2D eigenvalue weighted by molar-refractivity contribution is -0.187. The summed E-state index contributed by atoms with van der Waals surface area (Å²) in [5.41, 5.74) is -0.405. The van der Waals surface area contributed by atoms with Crippen LogP contribution < -0.4 is 5.32 Å². The number of benzene rings is 1. The van der Waals surface area contributed by atoms with Crippen molar-refractivity contribution in [1.82, 2.24) is 19.6 Å². The predicted octanol–water partition coefficient (Wildman–Crippen LogP) is 2.59. The molecule has 1 aliphatic rings. The molecule has 1 aromatic carbocycles. The number of fused-ring (bicyclic) bond motifs is 1. The number of aromatic nitrogens is 4. The van der Waals surface area contributed by atoms with Crippen molar-refractivity contribution in [2.45, 2.75) is 62.7 Å². The Morgan fingerprint density at radius 2 is 1.89 bits per heavy atom. The number of imidazole rings is 1. The van der Waals surface area contributed by atoms with Crippen LogP contribution in [-0.2, 0) is 31.9 Å². The van der Waals surface area contributed by atoms with Crippen molar-refractivity contribution in [2.24, 2.45) is 0 Å². The van der Waals surface area contributed by atoms with Crippen LogP contribution in [0.3, 0.4) is 0 Å². The normalized spacial score (nSPS) is 15.2. The Morgan fingerprint density at radius 1 is 1.17 bits per heavy atom. The molecule has 1 aliphatic carbocycles. The maximum absolute atomic E-state index is 12.0. The number of carboxylic acid groups (broad SMARTS) is 2. The second-order valence-electron chi connectivity index (χ2n) is 9.03. The largest absolute Gasteiger partial charge is 0.479 e. The van der Waals surface area contributed by atoms with Crippen LogP contribution in [0.15, 0.2) is 42.9 Å². The van der Waals surface area contributed by atoms with Crippen LogP contribution in [0.2, 0.25) is 0 Å². The molecule has 0 aliphatic heterocycles. The van der Waals surface area contributed by atoms with E-state index in [-0.39, 0.29) is 13.0 Å². The van der Waals surface area contributed by atoms with Crippen molar-refractivity contribution in [3.63, 3.8) is 0 Å². The van der Waals surface area contributed by atoms with E-state index in [1.165, 1.54) is 26.3 Å². The molecule has 3 N–H and O–H groups in total. The molecule has 2 heterocycles. The number of hydrogen-bond donors (Lipinski definition) is 3. The summed E-state index contributed by atoms with van der Waals surface area (Å²) in [6, 6.07) is 8.93. The standard InChI is InChI=1S/C25H31N5O6/c1-35-20(15-36-25(23(31)32,24(33)34)13-17-7-3-2-4-8-17)12-11-19-14-26-22-21(27-16-28-30(19)22)29-18-9-5-6-10-18/h2-4,7-8,14,16,18,20H,5-6,9-13,15H2,1H3,(H,31,32)(H,33,34)(H,27,28,29)/t20-/m0/s1. The van der Waals surface area contributed by atoms with Crippen LogP contribution in [0.1, 0.15) is 43.4 Å². The lowest BCUT2D eigenvalue weighted by atomic mass is 9.94. The summed E-state index contributed by atoms with van der Waals surface area (Å²) in [7, 11) is 1.48. The van der Waals surface area contributed by atoms with Crippen LogP contribution in [0.4, 0.5) is 5.82 Å². The van der Waals surface area contributed by atoms with Crippen molar-refractivity contribution in [1.29, 1.82) is 0 Å². The number of nitrogens with zero attached hydrogens (tertiary/aromatic N) is 4. The first kappa shape index (κ1) is 25.5. The van der Waals surface area contributed by atoms with Gasteiger partial charge < -0.3 is 25.0 Å². The fourth-order valence-corrected chi connectivity index (χ4v) is 4.51. The SMILES string of the molecule is CO[C@@H](CCc1cnc2c(NC3CCCC3)ncnn12)COC(Cc1ccccc1)(C(=O)O)C(=O)O. The first-order valence-electron chi connectivity index (χ1n) is 12.0. The zero-order chi connectivity index (χ0) is 25.5. The zero-order valence-electron chi connectivity index (χ0n) is 20.2. The molecule has 2 aromatic heterocycles. The minimum atomic E-state index is -2.42. The molecule has 1 saturated carbocycles. The van der Waals surface area contributed by atoms with E-state index in [9.17, 15) is 19.8 Å². The topological polar surface area (TPSA) is 148 Å². The molecule has 11 nitrogen and oxygen atoms in total. The second kappa shape index (κ2) is 11.4. The minimum Gasteiger partial charge on any atom is -0.479 e. The Kier molecular flexibility index (Phi) is 8.11. The Bertz CT molecular complexity index is 1160. The molecule has 36 heavy (non-hydrogen) atoms. The Hall–Kier alpha value is -3.57. The highest BCUT2D eigenvalue weighted by atomic mass is 16.6. The number of anilines is 1. The molecular formula is C25H31N5O6. The maximum Gasteiger partial charge on any atom is 0.348 e. The van der Waals surface area contributed by atoms with E-state index >= 15 is 0 Å². The average molecular weight is 498 g/mol. The minimum absolute atomic E-state index is 0.206. The summed E-state index contributed by atoms with van der Waals surface area (Å²) in [6.07, 6.45) is 7.95. The Morgan fingerprint density at radius 3 is 2.56 bits per heavy atom. The number of aliphatic carboxylic acids is 2. The van der Waals surface area contributed by atoms with Crippen molar-refractivity contribution >= 4 is 23.4 Å². The molecule has 4 rings (SSSR count). The van der Waals surface area contributed by atoms with Crippen molar-refractivity contribution in [3.05, 3.63) is 54.1 Å². The van der Waals surface area contributed by atoms with Crippen LogP contribution in [0.25, 0.3) is 5.65 Å². The summed E-state index contributed by atoms with van der Waals surface area (Å²) < 4.78 is 12.8. The molecular weight excluding hydrogens is 466 g/mol. The highest BCUT2D eigenvalue weighted by Gasteiger charge is 2.48. The zero-order valence-corrected chi connectivity index (χ0v) is 20.2.